The Kier molecular flexibility index (Phi) is 11.8. The van der Waals surface area contributed by atoms with Crippen LogP contribution in [0.1, 0.15) is 33.1 Å². The summed E-state index contributed by atoms with van der Waals surface area (Å²) in [4.78, 5) is 26.2. The van der Waals surface area contributed by atoms with Crippen LogP contribution in [-0.4, -0.2) is 71.6 Å². The van der Waals surface area contributed by atoms with E-state index in [9.17, 15) is 13.8 Å². The Labute approximate surface area is 193 Å². The van der Waals surface area contributed by atoms with Crippen molar-refractivity contribution in [3.63, 3.8) is 0 Å². The van der Waals surface area contributed by atoms with E-state index in [0.29, 0.717) is 5.75 Å². The van der Waals surface area contributed by atoms with Crippen LogP contribution in [0.4, 0.5) is 4.79 Å². The van der Waals surface area contributed by atoms with Crippen molar-refractivity contribution in [3.05, 3.63) is 42.0 Å². The molecule has 178 valence electrons. The summed E-state index contributed by atoms with van der Waals surface area (Å²) in [5.41, 5.74) is 1.10. The molecule has 1 fully saturated rings. The summed E-state index contributed by atoms with van der Waals surface area (Å²) < 4.78 is 22.9. The number of hydrogen-bond donors (Lipinski definition) is 2. The van der Waals surface area contributed by atoms with E-state index < -0.39 is 23.1 Å². The highest BCUT2D eigenvalue weighted by molar-refractivity contribution is 7.85. The summed E-state index contributed by atoms with van der Waals surface area (Å²) in [5.74, 6) is 0.264. The van der Waals surface area contributed by atoms with Gasteiger partial charge in [-0.2, -0.15) is 0 Å². The number of para-hydroxylation sites is 1. The van der Waals surface area contributed by atoms with E-state index >= 15 is 0 Å². The summed E-state index contributed by atoms with van der Waals surface area (Å²) in [5, 5.41) is 5.32. The van der Waals surface area contributed by atoms with Crippen LogP contribution < -0.4 is 15.4 Å². The first-order valence-corrected chi connectivity index (χ1v) is 12.6. The third kappa shape index (κ3) is 10.8. The number of nitrogens with zero attached hydrogens (tertiary/aromatic N) is 1. The van der Waals surface area contributed by atoms with Gasteiger partial charge in [-0.25, -0.2) is 4.79 Å². The molecule has 0 aliphatic carbocycles. The maximum absolute atomic E-state index is 12.5. The average Bonchev–Trinajstić information content (AvgIpc) is 2.75. The monoisotopic (exact) mass is 465 g/mol. The van der Waals surface area contributed by atoms with E-state index in [-0.39, 0.29) is 30.6 Å². The smallest absolute Gasteiger partial charge is 0.407 e. The largest absolute Gasteiger partial charge is 0.467 e. The second-order valence-corrected chi connectivity index (χ2v) is 9.28. The average molecular weight is 466 g/mol. The number of alkyl carbamates (subject to hydrolysis) is 1. The molecule has 1 saturated heterocycles. The standard InChI is InChI=1S/C23H35N3O5S/c1-3-30-23(28)24-12-15-32(29)18-21(27)25-22(31-20-10-6-4-7-11-20)16-19(2)17-26-13-8-5-9-14-26/h4,6-7,10-11,16,22H,3,5,8-9,12-15,17-18H2,1-2H3,(H,24,28)(H,25,27)/b19-16-. The summed E-state index contributed by atoms with van der Waals surface area (Å²) in [6, 6.07) is 9.28. The molecule has 1 aromatic carbocycles. The number of nitrogens with one attached hydrogen (secondary N) is 2. The lowest BCUT2D eigenvalue weighted by atomic mass is 10.1. The van der Waals surface area contributed by atoms with Gasteiger partial charge in [-0.15, -0.1) is 0 Å². The van der Waals surface area contributed by atoms with Crippen LogP contribution in [0.2, 0.25) is 0 Å². The Bertz CT molecular complexity index is 766. The number of carbonyl (C=O) groups excluding carboxylic acids is 2. The topological polar surface area (TPSA) is 97.0 Å². The molecule has 0 bridgehead atoms. The van der Waals surface area contributed by atoms with Gasteiger partial charge in [-0.05, 0) is 58.0 Å². The van der Waals surface area contributed by atoms with Crippen molar-refractivity contribution in [2.45, 2.75) is 39.3 Å². The van der Waals surface area contributed by atoms with Gasteiger partial charge in [0.05, 0.1) is 6.61 Å². The normalized spacial score (nSPS) is 16.6. The molecule has 1 aliphatic heterocycles. The zero-order valence-electron chi connectivity index (χ0n) is 19.0. The fraction of sp³-hybridized carbons (Fsp3) is 0.565. The Balaban J connectivity index is 1.90. The molecule has 0 saturated carbocycles. The molecule has 2 rings (SSSR count). The first-order valence-electron chi connectivity index (χ1n) is 11.1. The summed E-state index contributed by atoms with van der Waals surface area (Å²) in [7, 11) is -1.42. The van der Waals surface area contributed by atoms with Crippen molar-refractivity contribution < 1.29 is 23.3 Å². The molecule has 2 N–H and O–H groups in total. The van der Waals surface area contributed by atoms with Crippen LogP contribution in [0, 0.1) is 0 Å². The minimum Gasteiger partial charge on any atom is -0.467 e. The second-order valence-electron chi connectivity index (χ2n) is 7.70. The van der Waals surface area contributed by atoms with Gasteiger partial charge in [0.1, 0.15) is 11.5 Å². The highest BCUT2D eigenvalue weighted by Crippen LogP contribution is 2.14. The molecule has 32 heavy (non-hydrogen) atoms. The molecule has 2 unspecified atom stereocenters. The van der Waals surface area contributed by atoms with E-state index in [1.165, 1.54) is 19.3 Å². The number of rotatable bonds is 12. The van der Waals surface area contributed by atoms with Crippen molar-refractivity contribution in [3.8, 4) is 5.75 Å². The van der Waals surface area contributed by atoms with Gasteiger partial charge < -0.3 is 20.1 Å². The van der Waals surface area contributed by atoms with Gasteiger partial charge in [0.15, 0.2) is 6.23 Å². The van der Waals surface area contributed by atoms with Crippen molar-refractivity contribution in [2.75, 3.05) is 44.3 Å². The number of piperidine rings is 1. The summed E-state index contributed by atoms with van der Waals surface area (Å²) in [6.45, 7) is 7.18. The lowest BCUT2D eigenvalue weighted by Crippen LogP contribution is -2.41. The third-order valence-corrected chi connectivity index (χ3v) is 6.08. The Hall–Kier alpha value is -2.39. The molecule has 2 atom stereocenters. The van der Waals surface area contributed by atoms with Crippen molar-refractivity contribution in [1.82, 2.24) is 15.5 Å². The highest BCUT2D eigenvalue weighted by atomic mass is 32.2. The number of likely N-dealkylation sites (tertiary alicyclic amines) is 1. The first-order chi connectivity index (χ1) is 15.5. The predicted molar refractivity (Wildman–Crippen MR) is 126 cm³/mol. The molecule has 8 nitrogen and oxygen atoms in total. The van der Waals surface area contributed by atoms with Crippen LogP contribution >= 0.6 is 0 Å². The van der Waals surface area contributed by atoms with Crippen LogP contribution in [0.25, 0.3) is 0 Å². The Morgan fingerprint density at radius 3 is 2.59 bits per heavy atom. The molecule has 1 heterocycles. The highest BCUT2D eigenvalue weighted by Gasteiger charge is 2.16. The molecule has 2 amide bonds. The number of carbonyl (C=O) groups is 2. The summed E-state index contributed by atoms with van der Waals surface area (Å²) in [6.07, 6.45) is 4.39. The molecule has 0 aromatic heterocycles. The number of hydrogen-bond acceptors (Lipinski definition) is 6. The predicted octanol–water partition coefficient (Wildman–Crippen LogP) is 2.43. The molecule has 1 aromatic rings. The number of benzene rings is 1. The molecule has 0 spiro atoms. The van der Waals surface area contributed by atoms with Crippen LogP contribution in [0.5, 0.6) is 5.75 Å². The minimum absolute atomic E-state index is 0.167. The molecular weight excluding hydrogens is 430 g/mol. The zero-order chi connectivity index (χ0) is 23.2. The number of ether oxygens (including phenoxy) is 2. The fourth-order valence-corrected chi connectivity index (χ4v) is 4.25. The van der Waals surface area contributed by atoms with Crippen LogP contribution in [0.15, 0.2) is 42.0 Å². The van der Waals surface area contributed by atoms with Gasteiger partial charge in [-0.3, -0.25) is 13.9 Å². The summed E-state index contributed by atoms with van der Waals surface area (Å²) >= 11 is 0. The van der Waals surface area contributed by atoms with Gasteiger partial charge in [-0.1, -0.05) is 30.2 Å². The second kappa shape index (κ2) is 14.6. The maximum Gasteiger partial charge on any atom is 0.407 e. The fourth-order valence-electron chi connectivity index (χ4n) is 3.40. The van der Waals surface area contributed by atoms with E-state index in [2.05, 4.69) is 15.5 Å². The van der Waals surface area contributed by atoms with Crippen molar-refractivity contribution in [2.24, 2.45) is 0 Å². The molecule has 0 radical (unpaired) electrons. The van der Waals surface area contributed by atoms with Gasteiger partial charge in [0.25, 0.3) is 0 Å². The van der Waals surface area contributed by atoms with Gasteiger partial charge in [0.2, 0.25) is 5.91 Å². The number of amides is 2. The lowest BCUT2D eigenvalue weighted by molar-refractivity contribution is -0.120. The van der Waals surface area contributed by atoms with Crippen LogP contribution in [-0.2, 0) is 20.3 Å². The quantitative estimate of drug-likeness (QED) is 0.364. The van der Waals surface area contributed by atoms with Crippen molar-refractivity contribution in [1.29, 1.82) is 0 Å². The van der Waals surface area contributed by atoms with E-state index in [1.54, 1.807) is 6.92 Å². The molecular formula is C23H35N3O5S. The molecule has 9 heteroatoms. The Morgan fingerprint density at radius 1 is 1.19 bits per heavy atom. The third-order valence-electron chi connectivity index (χ3n) is 4.83. The van der Waals surface area contributed by atoms with Gasteiger partial charge in [0, 0.05) is 29.6 Å². The minimum atomic E-state index is -1.42. The first kappa shape index (κ1) is 25.9. The SMILES string of the molecule is CCOC(=O)NCCS(=O)CC(=O)NC(/C=C(/C)CN1CCCCC1)Oc1ccccc1. The van der Waals surface area contributed by atoms with Gasteiger partial charge >= 0.3 is 6.09 Å². The molecule has 1 aliphatic rings. The maximum atomic E-state index is 12.5. The van der Waals surface area contributed by atoms with E-state index in [0.717, 1.165) is 25.2 Å². The van der Waals surface area contributed by atoms with Crippen LogP contribution in [0.3, 0.4) is 0 Å². The zero-order valence-corrected chi connectivity index (χ0v) is 19.8. The lowest BCUT2D eigenvalue weighted by Gasteiger charge is -2.27. The van der Waals surface area contributed by atoms with E-state index in [4.69, 9.17) is 9.47 Å². The van der Waals surface area contributed by atoms with E-state index in [1.807, 2.05) is 43.3 Å². The van der Waals surface area contributed by atoms with Crippen molar-refractivity contribution >= 4 is 22.8 Å². The Morgan fingerprint density at radius 2 is 1.91 bits per heavy atom.